The Morgan fingerprint density at radius 1 is 0.478 bits per heavy atom. The predicted octanol–water partition coefficient (Wildman–Crippen LogP) is 7.71. The van der Waals surface area contributed by atoms with Crippen LogP contribution in [0.2, 0.25) is 6.04 Å². The Labute approximate surface area is 150 Å². The topological polar surface area (TPSA) is 9.23 Å². The van der Waals surface area contributed by atoms with Crippen molar-refractivity contribution in [2.24, 2.45) is 0 Å². The molecule has 0 aliphatic rings. The van der Waals surface area contributed by atoms with E-state index < -0.39 is 0 Å². The van der Waals surface area contributed by atoms with Gasteiger partial charge in [-0.2, -0.15) is 0 Å². The van der Waals surface area contributed by atoms with E-state index in [0.717, 1.165) is 16.4 Å². The normalized spacial score (nSPS) is 11.2. The van der Waals surface area contributed by atoms with Gasteiger partial charge in [-0.1, -0.05) is 117 Å². The van der Waals surface area contributed by atoms with Gasteiger partial charge in [0.2, 0.25) is 9.76 Å². The van der Waals surface area contributed by atoms with E-state index >= 15 is 0 Å². The lowest BCUT2D eigenvalue weighted by Crippen LogP contribution is -2.00. The van der Waals surface area contributed by atoms with Crippen molar-refractivity contribution in [1.82, 2.24) is 0 Å². The van der Waals surface area contributed by atoms with Crippen molar-refractivity contribution in [2.75, 3.05) is 6.61 Å². The van der Waals surface area contributed by atoms with Crippen LogP contribution in [-0.2, 0) is 4.43 Å². The van der Waals surface area contributed by atoms with Gasteiger partial charge in [0, 0.05) is 6.61 Å². The van der Waals surface area contributed by atoms with Gasteiger partial charge in [0.25, 0.3) is 0 Å². The summed E-state index contributed by atoms with van der Waals surface area (Å²) in [4.78, 5) is 0. The molecule has 0 aliphatic carbocycles. The van der Waals surface area contributed by atoms with Crippen LogP contribution in [0.1, 0.15) is 123 Å². The molecule has 0 spiro atoms. The standard InChI is InChI=1S/C21H44OSi/c1-3-5-7-8-9-10-11-12-13-14-15-16-17-18-19-20-22-23-21-6-4-2/h3-21H2,1-2H3. The zero-order chi connectivity index (χ0) is 16.8. The van der Waals surface area contributed by atoms with Crippen molar-refractivity contribution in [2.45, 2.75) is 129 Å². The molecule has 0 amide bonds. The maximum absolute atomic E-state index is 5.68. The van der Waals surface area contributed by atoms with E-state index in [1.54, 1.807) is 0 Å². The molecule has 1 nitrogen and oxygen atoms in total. The molecule has 0 heterocycles. The maximum atomic E-state index is 5.68. The summed E-state index contributed by atoms with van der Waals surface area (Å²) in [7, 11) is 0.750. The number of rotatable bonds is 20. The third-order valence-electron chi connectivity index (χ3n) is 4.58. The van der Waals surface area contributed by atoms with Crippen molar-refractivity contribution >= 4 is 9.76 Å². The fourth-order valence-electron chi connectivity index (χ4n) is 2.94. The molecule has 0 bridgehead atoms. The van der Waals surface area contributed by atoms with E-state index in [2.05, 4.69) is 13.8 Å². The van der Waals surface area contributed by atoms with Crippen molar-refractivity contribution in [3.63, 3.8) is 0 Å². The van der Waals surface area contributed by atoms with Gasteiger partial charge < -0.3 is 4.43 Å². The monoisotopic (exact) mass is 340 g/mol. The van der Waals surface area contributed by atoms with Gasteiger partial charge in [0.15, 0.2) is 0 Å². The predicted molar refractivity (Wildman–Crippen MR) is 106 cm³/mol. The molecule has 0 saturated carbocycles. The Kier molecular flexibility index (Phi) is 22.3. The van der Waals surface area contributed by atoms with Gasteiger partial charge in [-0.25, -0.2) is 0 Å². The average molecular weight is 341 g/mol. The van der Waals surface area contributed by atoms with Crippen LogP contribution in [0.25, 0.3) is 0 Å². The van der Waals surface area contributed by atoms with E-state index in [0.29, 0.717) is 0 Å². The van der Waals surface area contributed by atoms with Crippen LogP contribution in [0.3, 0.4) is 0 Å². The third-order valence-corrected chi connectivity index (χ3v) is 5.55. The Hall–Kier alpha value is 0.177. The van der Waals surface area contributed by atoms with Gasteiger partial charge in [-0.15, -0.1) is 0 Å². The Morgan fingerprint density at radius 3 is 1.30 bits per heavy atom. The molecule has 0 fully saturated rings. The van der Waals surface area contributed by atoms with Crippen LogP contribution in [0, 0.1) is 0 Å². The number of hydrogen-bond acceptors (Lipinski definition) is 1. The Bertz CT molecular complexity index is 176. The largest absolute Gasteiger partial charge is 0.417 e. The van der Waals surface area contributed by atoms with Crippen LogP contribution >= 0.6 is 0 Å². The van der Waals surface area contributed by atoms with E-state index in [4.69, 9.17) is 4.43 Å². The zero-order valence-corrected chi connectivity index (χ0v) is 17.3. The molecule has 2 radical (unpaired) electrons. The molecule has 0 rings (SSSR count). The lowest BCUT2D eigenvalue weighted by atomic mass is 10.0. The second-order valence-corrected chi connectivity index (χ2v) is 8.12. The molecular formula is C21H44OSi. The quantitative estimate of drug-likeness (QED) is 0.163. The van der Waals surface area contributed by atoms with Crippen LogP contribution in [-0.4, -0.2) is 16.4 Å². The minimum Gasteiger partial charge on any atom is -0.417 e. The first kappa shape index (κ1) is 23.2. The molecule has 0 saturated heterocycles. The summed E-state index contributed by atoms with van der Waals surface area (Å²) in [5, 5.41) is 0. The highest BCUT2D eigenvalue weighted by Crippen LogP contribution is 2.13. The minimum atomic E-state index is 0.750. The summed E-state index contributed by atoms with van der Waals surface area (Å²) in [6, 6.07) is 1.27. The zero-order valence-electron chi connectivity index (χ0n) is 16.3. The molecule has 0 atom stereocenters. The molecule has 23 heavy (non-hydrogen) atoms. The highest BCUT2D eigenvalue weighted by atomic mass is 28.2. The van der Waals surface area contributed by atoms with E-state index in [1.165, 1.54) is 115 Å². The van der Waals surface area contributed by atoms with E-state index in [-0.39, 0.29) is 0 Å². The summed E-state index contributed by atoms with van der Waals surface area (Å²) in [6.07, 6.45) is 24.1. The lowest BCUT2D eigenvalue weighted by Gasteiger charge is -2.04. The Balaban J connectivity index is 2.92. The molecule has 0 aromatic rings. The first-order valence-electron chi connectivity index (χ1n) is 10.8. The average Bonchev–Trinajstić information content (AvgIpc) is 2.57. The smallest absolute Gasteiger partial charge is 0.229 e. The van der Waals surface area contributed by atoms with Gasteiger partial charge in [-0.3, -0.25) is 0 Å². The van der Waals surface area contributed by atoms with Crippen LogP contribution in [0.15, 0.2) is 0 Å². The van der Waals surface area contributed by atoms with Gasteiger partial charge in [-0.05, 0) is 12.5 Å². The second kappa shape index (κ2) is 22.2. The first-order valence-corrected chi connectivity index (χ1v) is 11.9. The summed E-state index contributed by atoms with van der Waals surface area (Å²) >= 11 is 0. The molecule has 0 N–H and O–H groups in total. The van der Waals surface area contributed by atoms with E-state index in [1.807, 2.05) is 0 Å². The van der Waals surface area contributed by atoms with Crippen LogP contribution in [0.5, 0.6) is 0 Å². The fourth-order valence-corrected chi connectivity index (χ4v) is 3.87. The molecule has 0 aromatic carbocycles. The van der Waals surface area contributed by atoms with Crippen molar-refractivity contribution < 1.29 is 4.43 Å². The van der Waals surface area contributed by atoms with Crippen LogP contribution < -0.4 is 0 Å². The van der Waals surface area contributed by atoms with E-state index in [9.17, 15) is 0 Å². The highest BCUT2D eigenvalue weighted by Gasteiger charge is 1.95. The summed E-state index contributed by atoms with van der Waals surface area (Å²) in [5.41, 5.74) is 0. The molecule has 2 heteroatoms. The molecule has 138 valence electrons. The van der Waals surface area contributed by atoms with Crippen molar-refractivity contribution in [3.05, 3.63) is 0 Å². The van der Waals surface area contributed by atoms with Gasteiger partial charge in [0.05, 0.1) is 0 Å². The molecule has 0 aliphatic heterocycles. The highest BCUT2D eigenvalue weighted by molar-refractivity contribution is 6.26. The van der Waals surface area contributed by atoms with Gasteiger partial charge in [0.1, 0.15) is 0 Å². The molecular weight excluding hydrogens is 296 g/mol. The molecule has 0 aromatic heterocycles. The summed E-state index contributed by atoms with van der Waals surface area (Å²) in [6.45, 7) is 5.54. The summed E-state index contributed by atoms with van der Waals surface area (Å²) in [5.74, 6) is 0. The second-order valence-electron chi connectivity index (χ2n) is 7.05. The Morgan fingerprint density at radius 2 is 0.870 bits per heavy atom. The lowest BCUT2D eigenvalue weighted by molar-refractivity contribution is 0.319. The SMILES string of the molecule is CCCCCCCCCCCCCCCCCO[Si]CCCC. The van der Waals surface area contributed by atoms with Crippen molar-refractivity contribution in [1.29, 1.82) is 0 Å². The molecule has 0 unspecified atom stereocenters. The maximum Gasteiger partial charge on any atom is 0.229 e. The van der Waals surface area contributed by atoms with Crippen LogP contribution in [0.4, 0.5) is 0 Å². The number of unbranched alkanes of at least 4 members (excludes halogenated alkanes) is 15. The first-order chi connectivity index (χ1) is 11.4. The minimum absolute atomic E-state index is 0.750. The van der Waals surface area contributed by atoms with Crippen molar-refractivity contribution in [3.8, 4) is 0 Å². The fraction of sp³-hybridized carbons (Fsp3) is 1.00. The third kappa shape index (κ3) is 22.2. The number of hydrogen-bond donors (Lipinski definition) is 0. The van der Waals surface area contributed by atoms with Gasteiger partial charge >= 0.3 is 0 Å². The summed E-state index contributed by atoms with van der Waals surface area (Å²) < 4.78 is 5.68.